The molecule has 0 aliphatic carbocycles. The first-order chi connectivity index (χ1) is 14.5. The average Bonchev–Trinajstić information content (AvgIpc) is 2.75. The number of nitrogens with one attached hydrogen (secondary N) is 1. The lowest BCUT2D eigenvalue weighted by atomic mass is 10.1. The second-order valence-corrected chi connectivity index (χ2v) is 6.61. The lowest BCUT2D eigenvalue weighted by molar-refractivity contribution is -0.123. The van der Waals surface area contributed by atoms with E-state index in [-0.39, 0.29) is 12.4 Å². The van der Waals surface area contributed by atoms with Gasteiger partial charge in [0.15, 0.2) is 6.61 Å². The van der Waals surface area contributed by atoms with E-state index in [0.717, 1.165) is 16.8 Å². The molecule has 0 atom stereocenters. The molecule has 0 spiro atoms. The lowest BCUT2D eigenvalue weighted by Crippen LogP contribution is -2.24. The second-order valence-electron chi connectivity index (χ2n) is 6.61. The Bertz CT molecular complexity index is 1080. The molecule has 0 saturated carbocycles. The van der Waals surface area contributed by atoms with Crippen LogP contribution in [0.1, 0.15) is 16.7 Å². The highest BCUT2D eigenvalue weighted by Gasteiger charge is 2.04. The molecule has 7 nitrogen and oxygen atoms in total. The highest BCUT2D eigenvalue weighted by Crippen LogP contribution is 2.24. The number of amides is 1. The highest BCUT2D eigenvalue weighted by atomic mass is 16.5. The summed E-state index contributed by atoms with van der Waals surface area (Å²) in [7, 11) is 0. The monoisotopic (exact) mass is 402 g/mol. The number of phenolic OH excluding ortho intramolecular Hbond substituents is 1. The summed E-state index contributed by atoms with van der Waals surface area (Å²) < 4.78 is 5.46. The number of hydrazone groups is 1. The van der Waals surface area contributed by atoms with E-state index in [0.29, 0.717) is 17.0 Å². The van der Waals surface area contributed by atoms with Gasteiger partial charge in [0.2, 0.25) is 0 Å². The van der Waals surface area contributed by atoms with Crippen LogP contribution in [0.4, 0.5) is 11.4 Å². The molecular weight excluding hydrogens is 380 g/mol. The van der Waals surface area contributed by atoms with Crippen LogP contribution < -0.4 is 10.2 Å². The van der Waals surface area contributed by atoms with Gasteiger partial charge in [-0.3, -0.25) is 4.79 Å². The van der Waals surface area contributed by atoms with Crippen molar-refractivity contribution in [3.8, 4) is 11.5 Å². The van der Waals surface area contributed by atoms with Crippen LogP contribution in [0.25, 0.3) is 0 Å². The Morgan fingerprint density at radius 1 is 0.967 bits per heavy atom. The maximum atomic E-state index is 11.9. The first-order valence-corrected chi connectivity index (χ1v) is 9.33. The van der Waals surface area contributed by atoms with Crippen molar-refractivity contribution in [3.63, 3.8) is 0 Å². The van der Waals surface area contributed by atoms with Crippen LogP contribution in [0.5, 0.6) is 11.5 Å². The minimum Gasteiger partial charge on any atom is -0.507 e. The third-order valence-corrected chi connectivity index (χ3v) is 4.29. The van der Waals surface area contributed by atoms with Crippen LogP contribution >= 0.6 is 0 Å². The molecule has 0 fully saturated rings. The van der Waals surface area contributed by atoms with Crippen LogP contribution in [-0.2, 0) is 4.79 Å². The number of carbonyl (C=O) groups excluding carboxylic acids is 1. The number of aromatic hydroxyl groups is 1. The first kappa shape index (κ1) is 20.7. The van der Waals surface area contributed by atoms with Gasteiger partial charge in [-0.15, -0.1) is 0 Å². The van der Waals surface area contributed by atoms with Crippen molar-refractivity contribution in [1.82, 2.24) is 5.43 Å². The Kier molecular flexibility index (Phi) is 6.89. The molecule has 0 unspecified atom stereocenters. The van der Waals surface area contributed by atoms with E-state index in [1.54, 1.807) is 12.1 Å². The van der Waals surface area contributed by atoms with Gasteiger partial charge in [-0.05, 0) is 67.4 Å². The van der Waals surface area contributed by atoms with E-state index in [1.807, 2.05) is 62.4 Å². The maximum absolute atomic E-state index is 11.9. The van der Waals surface area contributed by atoms with Crippen LogP contribution in [0.3, 0.4) is 0 Å². The summed E-state index contributed by atoms with van der Waals surface area (Å²) in [5, 5.41) is 22.1. The SMILES string of the molecule is Cc1ccc(OCC(=O)N/N=C\c2cc(N=Nc3ccccc3)ccc2O)cc1C. The van der Waals surface area contributed by atoms with E-state index in [9.17, 15) is 9.90 Å². The van der Waals surface area contributed by atoms with Crippen molar-refractivity contribution in [3.05, 3.63) is 83.4 Å². The summed E-state index contributed by atoms with van der Waals surface area (Å²) in [6.45, 7) is 3.82. The number of carbonyl (C=O) groups is 1. The van der Waals surface area contributed by atoms with Crippen molar-refractivity contribution < 1.29 is 14.6 Å². The molecule has 0 bridgehead atoms. The largest absolute Gasteiger partial charge is 0.507 e. The Balaban J connectivity index is 1.56. The van der Waals surface area contributed by atoms with E-state index < -0.39 is 5.91 Å². The molecule has 3 aromatic carbocycles. The van der Waals surface area contributed by atoms with Gasteiger partial charge in [-0.1, -0.05) is 24.3 Å². The van der Waals surface area contributed by atoms with Crippen molar-refractivity contribution in [2.45, 2.75) is 13.8 Å². The third-order valence-electron chi connectivity index (χ3n) is 4.29. The van der Waals surface area contributed by atoms with Crippen molar-refractivity contribution >= 4 is 23.5 Å². The van der Waals surface area contributed by atoms with Gasteiger partial charge < -0.3 is 9.84 Å². The van der Waals surface area contributed by atoms with Crippen molar-refractivity contribution in [1.29, 1.82) is 0 Å². The molecule has 0 aliphatic heterocycles. The third kappa shape index (κ3) is 6.00. The topological polar surface area (TPSA) is 95.6 Å². The zero-order valence-corrected chi connectivity index (χ0v) is 16.7. The van der Waals surface area contributed by atoms with Crippen LogP contribution in [0.2, 0.25) is 0 Å². The van der Waals surface area contributed by atoms with Gasteiger partial charge in [0.05, 0.1) is 17.6 Å². The summed E-state index contributed by atoms with van der Waals surface area (Å²) in [6.07, 6.45) is 1.34. The highest BCUT2D eigenvalue weighted by molar-refractivity contribution is 5.86. The van der Waals surface area contributed by atoms with Gasteiger partial charge in [-0.25, -0.2) is 5.43 Å². The molecule has 2 N–H and O–H groups in total. The molecule has 0 heterocycles. The average molecular weight is 402 g/mol. The van der Waals surface area contributed by atoms with E-state index in [1.165, 1.54) is 12.3 Å². The summed E-state index contributed by atoms with van der Waals surface area (Å²) in [5.74, 6) is 0.216. The fourth-order valence-corrected chi connectivity index (χ4v) is 2.48. The zero-order chi connectivity index (χ0) is 21.3. The minimum atomic E-state index is -0.413. The molecule has 3 aromatic rings. The molecule has 0 radical (unpaired) electrons. The predicted octanol–water partition coefficient (Wildman–Crippen LogP) is 4.95. The Hall–Kier alpha value is -4.00. The fourth-order valence-electron chi connectivity index (χ4n) is 2.48. The van der Waals surface area contributed by atoms with Crippen molar-refractivity contribution in [2.75, 3.05) is 6.61 Å². The molecule has 0 aromatic heterocycles. The number of nitrogens with zero attached hydrogens (tertiary/aromatic N) is 3. The Morgan fingerprint density at radius 3 is 2.50 bits per heavy atom. The summed E-state index contributed by atoms with van der Waals surface area (Å²) in [5.41, 5.74) is 6.28. The lowest BCUT2D eigenvalue weighted by Gasteiger charge is -2.07. The predicted molar refractivity (Wildman–Crippen MR) is 116 cm³/mol. The van der Waals surface area contributed by atoms with Gasteiger partial charge >= 0.3 is 0 Å². The zero-order valence-electron chi connectivity index (χ0n) is 16.7. The van der Waals surface area contributed by atoms with E-state index in [2.05, 4.69) is 20.8 Å². The minimum absolute atomic E-state index is 0.0121. The molecule has 3 rings (SSSR count). The number of aryl methyl sites for hydroxylation is 2. The normalized spacial score (nSPS) is 11.1. The maximum Gasteiger partial charge on any atom is 0.277 e. The first-order valence-electron chi connectivity index (χ1n) is 9.33. The fraction of sp³-hybridized carbons (Fsp3) is 0.130. The van der Waals surface area contributed by atoms with Gasteiger partial charge in [0, 0.05) is 5.56 Å². The Labute approximate surface area is 174 Å². The number of benzene rings is 3. The van der Waals surface area contributed by atoms with Gasteiger partial charge in [0.25, 0.3) is 5.91 Å². The number of ether oxygens (including phenoxy) is 1. The molecular formula is C23H22N4O3. The molecule has 30 heavy (non-hydrogen) atoms. The van der Waals surface area contributed by atoms with Crippen LogP contribution in [0.15, 0.2) is 82.1 Å². The number of hydrogen-bond acceptors (Lipinski definition) is 6. The molecule has 1 amide bonds. The molecule has 7 heteroatoms. The van der Waals surface area contributed by atoms with E-state index in [4.69, 9.17) is 4.74 Å². The molecule has 0 aliphatic rings. The summed E-state index contributed by atoms with van der Waals surface area (Å²) in [6, 6.07) is 19.7. The smallest absolute Gasteiger partial charge is 0.277 e. The van der Waals surface area contributed by atoms with Crippen molar-refractivity contribution in [2.24, 2.45) is 15.3 Å². The number of rotatable bonds is 7. The standard InChI is InChI=1S/C23H22N4O3/c1-16-8-10-21(12-17(16)2)30-15-23(29)27-24-14-18-13-20(9-11-22(18)28)26-25-19-6-4-3-5-7-19/h3-14,28H,15H2,1-2H3,(H,27,29)/b24-14-,26-25?. The van der Waals surface area contributed by atoms with Crippen LogP contribution in [0, 0.1) is 13.8 Å². The second kappa shape index (κ2) is 9.97. The quantitative estimate of drug-likeness (QED) is 0.332. The van der Waals surface area contributed by atoms with Gasteiger partial charge in [-0.2, -0.15) is 15.3 Å². The summed E-state index contributed by atoms with van der Waals surface area (Å²) >= 11 is 0. The molecule has 152 valence electrons. The number of hydrogen-bond donors (Lipinski definition) is 2. The van der Waals surface area contributed by atoms with Gasteiger partial charge in [0.1, 0.15) is 11.5 Å². The Morgan fingerprint density at radius 2 is 1.73 bits per heavy atom. The summed E-state index contributed by atoms with van der Waals surface area (Å²) in [4.78, 5) is 11.9. The van der Waals surface area contributed by atoms with E-state index >= 15 is 0 Å². The van der Waals surface area contributed by atoms with Crippen LogP contribution in [-0.4, -0.2) is 23.8 Å². The molecule has 0 saturated heterocycles. The number of phenols is 1. The number of azo groups is 1.